The Hall–Kier alpha value is -2.01. The van der Waals surface area contributed by atoms with E-state index in [9.17, 15) is 4.79 Å². The van der Waals surface area contributed by atoms with Gasteiger partial charge in [-0.15, -0.1) is 0 Å². The fourth-order valence-electron chi connectivity index (χ4n) is 1.76. The van der Waals surface area contributed by atoms with Crippen molar-refractivity contribution in [1.29, 1.82) is 0 Å². The van der Waals surface area contributed by atoms with Crippen molar-refractivity contribution >= 4 is 22.6 Å². The first-order valence-corrected chi connectivity index (χ1v) is 6.43. The van der Waals surface area contributed by atoms with Crippen LogP contribution in [0.4, 0.5) is 5.69 Å². The van der Waals surface area contributed by atoms with Crippen LogP contribution in [0.2, 0.25) is 0 Å². The molecule has 1 unspecified atom stereocenters. The number of anilines is 1. The van der Waals surface area contributed by atoms with Gasteiger partial charge in [0.1, 0.15) is 0 Å². The monoisotopic (exact) mass is 258 g/mol. The second-order valence-corrected chi connectivity index (χ2v) is 4.46. The molecule has 1 heterocycles. The van der Waals surface area contributed by atoms with E-state index in [-0.39, 0.29) is 11.8 Å². The number of hydrogen-bond donors (Lipinski definition) is 2. The van der Waals surface area contributed by atoms with Crippen LogP contribution in [0, 0.1) is 5.92 Å². The van der Waals surface area contributed by atoms with Crippen LogP contribution in [0.25, 0.3) is 11.0 Å². The zero-order valence-corrected chi connectivity index (χ0v) is 11.2. The Balaban J connectivity index is 2.06. The van der Waals surface area contributed by atoms with Gasteiger partial charge in [-0.3, -0.25) is 14.8 Å². The molecule has 2 rings (SSSR count). The number of nitrogens with zero attached hydrogens (tertiary/aromatic N) is 2. The van der Waals surface area contributed by atoms with Gasteiger partial charge >= 0.3 is 0 Å². The molecule has 100 valence electrons. The van der Waals surface area contributed by atoms with Gasteiger partial charge in [0.25, 0.3) is 0 Å². The average Bonchev–Trinajstić information content (AvgIpc) is 2.44. The SMILES string of the molecule is CCNCC(C)C(=O)Nc1ccc2nccnc2c1. The number of aromatic nitrogens is 2. The lowest BCUT2D eigenvalue weighted by Gasteiger charge is -2.12. The lowest BCUT2D eigenvalue weighted by Crippen LogP contribution is -2.30. The lowest BCUT2D eigenvalue weighted by atomic mass is 10.1. The van der Waals surface area contributed by atoms with Crippen molar-refractivity contribution in [3.05, 3.63) is 30.6 Å². The van der Waals surface area contributed by atoms with E-state index in [1.165, 1.54) is 0 Å². The van der Waals surface area contributed by atoms with Crippen molar-refractivity contribution in [1.82, 2.24) is 15.3 Å². The maximum Gasteiger partial charge on any atom is 0.228 e. The minimum atomic E-state index is -0.0718. The standard InChI is InChI=1S/C14H18N4O/c1-3-15-9-10(2)14(19)18-11-4-5-12-13(8-11)17-7-6-16-12/h4-8,10,15H,3,9H2,1-2H3,(H,18,19). The summed E-state index contributed by atoms with van der Waals surface area (Å²) >= 11 is 0. The highest BCUT2D eigenvalue weighted by molar-refractivity contribution is 5.94. The Kier molecular flexibility index (Phi) is 4.41. The van der Waals surface area contributed by atoms with Crippen LogP contribution in [0.3, 0.4) is 0 Å². The first kappa shape index (κ1) is 13.4. The molecular formula is C14H18N4O. The van der Waals surface area contributed by atoms with E-state index in [1.54, 1.807) is 12.4 Å². The second-order valence-electron chi connectivity index (χ2n) is 4.46. The number of benzene rings is 1. The molecule has 0 aliphatic rings. The zero-order valence-electron chi connectivity index (χ0n) is 11.2. The third-order valence-corrected chi connectivity index (χ3v) is 2.88. The van der Waals surface area contributed by atoms with Crippen molar-refractivity contribution in [2.24, 2.45) is 5.92 Å². The minimum absolute atomic E-state index is 0.00388. The van der Waals surface area contributed by atoms with Crippen LogP contribution in [-0.2, 0) is 4.79 Å². The maximum absolute atomic E-state index is 12.0. The molecule has 1 atom stereocenters. The maximum atomic E-state index is 12.0. The quantitative estimate of drug-likeness (QED) is 0.858. The Labute approximate surface area is 112 Å². The third-order valence-electron chi connectivity index (χ3n) is 2.88. The molecule has 0 saturated carbocycles. The molecular weight excluding hydrogens is 240 g/mol. The number of amides is 1. The summed E-state index contributed by atoms with van der Waals surface area (Å²) in [7, 11) is 0. The van der Waals surface area contributed by atoms with E-state index in [0.29, 0.717) is 6.54 Å². The smallest absolute Gasteiger partial charge is 0.228 e. The summed E-state index contributed by atoms with van der Waals surface area (Å²) in [6.45, 7) is 5.46. The third kappa shape index (κ3) is 3.48. The average molecular weight is 258 g/mol. The molecule has 19 heavy (non-hydrogen) atoms. The minimum Gasteiger partial charge on any atom is -0.326 e. The number of fused-ring (bicyclic) bond motifs is 1. The fraction of sp³-hybridized carbons (Fsp3) is 0.357. The summed E-state index contributed by atoms with van der Waals surface area (Å²) in [4.78, 5) is 20.4. The molecule has 1 aromatic carbocycles. The molecule has 0 fully saturated rings. The van der Waals surface area contributed by atoms with Crippen molar-refractivity contribution in [2.75, 3.05) is 18.4 Å². The van der Waals surface area contributed by atoms with Crippen molar-refractivity contribution in [3.8, 4) is 0 Å². The molecule has 0 aliphatic carbocycles. The molecule has 0 saturated heterocycles. The number of nitrogens with one attached hydrogen (secondary N) is 2. The number of carbonyl (C=O) groups is 1. The fourth-order valence-corrected chi connectivity index (χ4v) is 1.76. The Morgan fingerprint density at radius 1 is 1.26 bits per heavy atom. The van der Waals surface area contributed by atoms with Crippen LogP contribution in [0.15, 0.2) is 30.6 Å². The molecule has 2 aromatic rings. The largest absolute Gasteiger partial charge is 0.326 e. The van der Waals surface area contributed by atoms with Gasteiger partial charge in [0.15, 0.2) is 0 Å². The van der Waals surface area contributed by atoms with E-state index < -0.39 is 0 Å². The van der Waals surface area contributed by atoms with Gasteiger partial charge in [-0.25, -0.2) is 0 Å². The first-order chi connectivity index (χ1) is 9.20. The number of rotatable bonds is 5. The highest BCUT2D eigenvalue weighted by Crippen LogP contribution is 2.15. The molecule has 5 heteroatoms. The summed E-state index contributed by atoms with van der Waals surface area (Å²) in [5.41, 5.74) is 2.35. The first-order valence-electron chi connectivity index (χ1n) is 6.43. The van der Waals surface area contributed by atoms with Crippen LogP contribution in [0.5, 0.6) is 0 Å². The predicted octanol–water partition coefficient (Wildman–Crippen LogP) is 1.81. The van der Waals surface area contributed by atoms with Gasteiger partial charge in [-0.05, 0) is 24.7 Å². The van der Waals surface area contributed by atoms with Gasteiger partial charge in [-0.2, -0.15) is 0 Å². The van der Waals surface area contributed by atoms with Crippen LogP contribution < -0.4 is 10.6 Å². The van der Waals surface area contributed by atoms with E-state index in [1.807, 2.05) is 32.0 Å². The summed E-state index contributed by atoms with van der Waals surface area (Å²) in [5, 5.41) is 6.06. The summed E-state index contributed by atoms with van der Waals surface area (Å²) in [6, 6.07) is 5.53. The normalized spacial score (nSPS) is 12.3. The lowest BCUT2D eigenvalue weighted by molar-refractivity contribution is -0.119. The van der Waals surface area contributed by atoms with Crippen molar-refractivity contribution in [3.63, 3.8) is 0 Å². The van der Waals surface area contributed by atoms with Crippen LogP contribution in [-0.4, -0.2) is 29.0 Å². The van der Waals surface area contributed by atoms with E-state index >= 15 is 0 Å². The van der Waals surface area contributed by atoms with Crippen molar-refractivity contribution in [2.45, 2.75) is 13.8 Å². The summed E-state index contributed by atoms with van der Waals surface area (Å²) in [5.74, 6) is -0.0679. The Morgan fingerprint density at radius 2 is 2.00 bits per heavy atom. The molecule has 2 N–H and O–H groups in total. The van der Waals surface area contributed by atoms with E-state index in [4.69, 9.17) is 0 Å². The summed E-state index contributed by atoms with van der Waals surface area (Å²) in [6.07, 6.45) is 3.29. The molecule has 1 amide bonds. The molecule has 0 bridgehead atoms. The van der Waals surface area contributed by atoms with E-state index in [2.05, 4.69) is 20.6 Å². The number of hydrogen-bond acceptors (Lipinski definition) is 4. The molecule has 1 aromatic heterocycles. The topological polar surface area (TPSA) is 66.9 Å². The molecule has 0 spiro atoms. The van der Waals surface area contributed by atoms with Gasteiger partial charge in [0.2, 0.25) is 5.91 Å². The van der Waals surface area contributed by atoms with Gasteiger partial charge < -0.3 is 10.6 Å². The van der Waals surface area contributed by atoms with Crippen LogP contribution in [0.1, 0.15) is 13.8 Å². The zero-order chi connectivity index (χ0) is 13.7. The van der Waals surface area contributed by atoms with Gasteiger partial charge in [-0.1, -0.05) is 13.8 Å². The van der Waals surface area contributed by atoms with E-state index in [0.717, 1.165) is 23.3 Å². The predicted molar refractivity (Wildman–Crippen MR) is 75.9 cm³/mol. The highest BCUT2D eigenvalue weighted by atomic mass is 16.1. The molecule has 0 aliphatic heterocycles. The van der Waals surface area contributed by atoms with Crippen molar-refractivity contribution < 1.29 is 4.79 Å². The second kappa shape index (κ2) is 6.24. The molecule has 5 nitrogen and oxygen atoms in total. The highest BCUT2D eigenvalue weighted by Gasteiger charge is 2.12. The van der Waals surface area contributed by atoms with Gasteiger partial charge in [0, 0.05) is 30.5 Å². The molecule has 0 radical (unpaired) electrons. The van der Waals surface area contributed by atoms with Gasteiger partial charge in [0.05, 0.1) is 11.0 Å². The Bertz CT molecular complexity index is 570. The number of carbonyl (C=O) groups excluding carboxylic acids is 1. The summed E-state index contributed by atoms with van der Waals surface area (Å²) < 4.78 is 0. The van der Waals surface area contributed by atoms with Crippen LogP contribution >= 0.6 is 0 Å². The Morgan fingerprint density at radius 3 is 2.74 bits per heavy atom.